The van der Waals surface area contributed by atoms with Gasteiger partial charge in [-0.1, -0.05) is 11.6 Å². The summed E-state index contributed by atoms with van der Waals surface area (Å²) in [7, 11) is 0. The summed E-state index contributed by atoms with van der Waals surface area (Å²) in [6.45, 7) is 1.98. The Labute approximate surface area is 178 Å². The number of carbonyl (C=O) groups excluding carboxylic acids is 1. The number of benzene rings is 2. The summed E-state index contributed by atoms with van der Waals surface area (Å²) in [5, 5.41) is 12.3. The Morgan fingerprint density at radius 3 is 2.97 bits per heavy atom. The molecular weight excluding hydrogens is 409 g/mol. The quantitative estimate of drug-likeness (QED) is 0.536. The monoisotopic (exact) mass is 431 g/mol. The molecule has 0 saturated heterocycles. The number of fused-ring (bicyclic) bond motifs is 3. The predicted octanol–water partition coefficient (Wildman–Crippen LogP) is 2.79. The summed E-state index contributed by atoms with van der Waals surface area (Å²) >= 11 is 6.16. The number of aromatic amines is 1. The number of nitrogens with zero attached hydrogens (tertiary/aromatic N) is 1. The lowest BCUT2D eigenvalue weighted by atomic mass is 10.0. The number of rotatable bonds is 7. The number of halogens is 2. The minimum absolute atomic E-state index is 0.0282. The Kier molecular flexibility index (Phi) is 5.94. The van der Waals surface area contributed by atoms with Gasteiger partial charge in [-0.15, -0.1) is 0 Å². The molecule has 2 aromatic carbocycles. The molecule has 0 fully saturated rings. The van der Waals surface area contributed by atoms with Crippen LogP contribution in [0.5, 0.6) is 5.75 Å². The number of aromatic nitrogens is 1. The molecule has 1 aromatic heterocycles. The van der Waals surface area contributed by atoms with Gasteiger partial charge in [0.15, 0.2) is 0 Å². The van der Waals surface area contributed by atoms with E-state index >= 15 is 0 Å². The molecule has 6 nitrogen and oxygen atoms in total. The summed E-state index contributed by atoms with van der Waals surface area (Å²) in [4.78, 5) is 16.8. The lowest BCUT2D eigenvalue weighted by molar-refractivity contribution is -0.117. The van der Waals surface area contributed by atoms with Gasteiger partial charge in [-0.25, -0.2) is 4.39 Å². The van der Waals surface area contributed by atoms with Crippen molar-refractivity contribution in [3.05, 3.63) is 64.1 Å². The van der Waals surface area contributed by atoms with E-state index in [1.807, 2.05) is 18.2 Å². The van der Waals surface area contributed by atoms with Crippen LogP contribution in [0.4, 0.5) is 4.39 Å². The first kappa shape index (κ1) is 20.7. The number of amides is 1. The molecule has 1 aliphatic rings. The van der Waals surface area contributed by atoms with Crippen molar-refractivity contribution < 1.29 is 19.0 Å². The van der Waals surface area contributed by atoms with Crippen molar-refractivity contribution in [3.63, 3.8) is 0 Å². The summed E-state index contributed by atoms with van der Waals surface area (Å²) < 4.78 is 19.1. The van der Waals surface area contributed by atoms with Gasteiger partial charge in [0, 0.05) is 53.2 Å². The smallest absolute Gasteiger partial charge is 0.221 e. The van der Waals surface area contributed by atoms with Crippen LogP contribution in [0, 0.1) is 5.82 Å². The zero-order valence-electron chi connectivity index (χ0n) is 16.3. The lowest BCUT2D eigenvalue weighted by Crippen LogP contribution is -2.38. The summed E-state index contributed by atoms with van der Waals surface area (Å²) in [5.74, 6) is -0.697. The van der Waals surface area contributed by atoms with Crippen LogP contribution in [-0.2, 0) is 24.2 Å². The number of ether oxygens (including phenoxy) is 1. The lowest BCUT2D eigenvalue weighted by Gasteiger charge is -2.29. The third kappa shape index (κ3) is 4.59. The van der Waals surface area contributed by atoms with E-state index in [1.54, 1.807) is 0 Å². The fraction of sp³-hybridized carbons (Fsp3) is 0.318. The van der Waals surface area contributed by atoms with Crippen molar-refractivity contribution in [2.45, 2.75) is 25.5 Å². The van der Waals surface area contributed by atoms with Crippen molar-refractivity contribution in [2.75, 3.05) is 19.7 Å². The zero-order valence-corrected chi connectivity index (χ0v) is 17.1. The SMILES string of the molecule is NC(=O)Cc1cc(F)ccc1OCC(O)CN1CCc2[nH]c3ccc(Cl)cc3c2C1. The Balaban J connectivity index is 1.39. The molecule has 0 radical (unpaired) electrons. The minimum Gasteiger partial charge on any atom is -0.491 e. The van der Waals surface area contributed by atoms with Gasteiger partial charge in [0.2, 0.25) is 5.91 Å². The van der Waals surface area contributed by atoms with Crippen molar-refractivity contribution >= 4 is 28.4 Å². The summed E-state index contributed by atoms with van der Waals surface area (Å²) in [6.07, 6.45) is -0.0104. The average molecular weight is 432 g/mol. The Bertz CT molecular complexity index is 1080. The minimum atomic E-state index is -0.744. The highest BCUT2D eigenvalue weighted by Crippen LogP contribution is 2.30. The van der Waals surface area contributed by atoms with Crippen LogP contribution in [0.3, 0.4) is 0 Å². The van der Waals surface area contributed by atoms with Gasteiger partial charge in [0.1, 0.15) is 24.3 Å². The van der Waals surface area contributed by atoms with Gasteiger partial charge in [-0.3, -0.25) is 9.69 Å². The molecule has 4 rings (SSSR count). The van der Waals surface area contributed by atoms with Crippen LogP contribution >= 0.6 is 11.6 Å². The van der Waals surface area contributed by atoms with E-state index in [2.05, 4.69) is 9.88 Å². The van der Waals surface area contributed by atoms with Crippen LogP contribution in [0.15, 0.2) is 36.4 Å². The van der Waals surface area contributed by atoms with Gasteiger partial charge in [-0.05, 0) is 42.0 Å². The molecule has 1 aliphatic heterocycles. The molecule has 2 heterocycles. The Hall–Kier alpha value is -2.61. The van der Waals surface area contributed by atoms with Gasteiger partial charge < -0.3 is 20.6 Å². The number of β-amino-alcohol motifs (C(OH)–C–C–N with tert-alkyl or cyclic N) is 1. The van der Waals surface area contributed by atoms with E-state index in [0.29, 0.717) is 29.4 Å². The molecule has 0 saturated carbocycles. The van der Waals surface area contributed by atoms with E-state index in [4.69, 9.17) is 22.1 Å². The van der Waals surface area contributed by atoms with Crippen molar-refractivity contribution in [1.29, 1.82) is 0 Å². The highest BCUT2D eigenvalue weighted by molar-refractivity contribution is 6.31. The Morgan fingerprint density at radius 2 is 2.17 bits per heavy atom. The van der Waals surface area contributed by atoms with E-state index < -0.39 is 17.8 Å². The molecule has 1 unspecified atom stereocenters. The van der Waals surface area contributed by atoms with Crippen LogP contribution < -0.4 is 10.5 Å². The van der Waals surface area contributed by atoms with Gasteiger partial charge in [-0.2, -0.15) is 0 Å². The van der Waals surface area contributed by atoms with Gasteiger partial charge in [0.05, 0.1) is 6.42 Å². The van der Waals surface area contributed by atoms with Crippen LogP contribution in [0.25, 0.3) is 10.9 Å². The number of aliphatic hydroxyl groups is 1. The second-order valence-electron chi connectivity index (χ2n) is 7.62. The molecular formula is C22H23ClFN3O3. The fourth-order valence-electron chi connectivity index (χ4n) is 3.95. The number of hydrogen-bond acceptors (Lipinski definition) is 4. The largest absolute Gasteiger partial charge is 0.491 e. The van der Waals surface area contributed by atoms with E-state index in [0.717, 1.165) is 23.9 Å². The summed E-state index contributed by atoms with van der Waals surface area (Å²) in [5.41, 5.74) is 9.06. The standard InChI is InChI=1S/C22H23ClFN3O3/c23-14-1-3-19-17(9-14)18-11-27(6-5-20(18)26-19)10-16(28)12-30-21-4-2-15(24)7-13(21)8-22(25)29/h1-4,7,9,16,26,28H,5-6,8,10-12H2,(H2,25,29). The molecule has 30 heavy (non-hydrogen) atoms. The van der Waals surface area contributed by atoms with Gasteiger partial charge >= 0.3 is 0 Å². The first-order valence-electron chi connectivity index (χ1n) is 9.78. The second-order valence-corrected chi connectivity index (χ2v) is 8.05. The maximum Gasteiger partial charge on any atom is 0.221 e. The maximum atomic E-state index is 13.5. The molecule has 0 bridgehead atoms. The molecule has 158 valence electrons. The molecule has 1 atom stereocenters. The first-order chi connectivity index (χ1) is 14.4. The fourth-order valence-corrected chi connectivity index (χ4v) is 4.12. The van der Waals surface area contributed by atoms with Gasteiger partial charge in [0.25, 0.3) is 0 Å². The van der Waals surface area contributed by atoms with E-state index in [1.165, 1.54) is 29.5 Å². The number of nitrogens with one attached hydrogen (secondary N) is 1. The van der Waals surface area contributed by atoms with Crippen LogP contribution in [0.1, 0.15) is 16.8 Å². The number of aliphatic hydroxyl groups excluding tert-OH is 1. The topological polar surface area (TPSA) is 91.6 Å². The molecule has 0 spiro atoms. The molecule has 8 heteroatoms. The van der Waals surface area contributed by atoms with Crippen molar-refractivity contribution in [3.8, 4) is 5.75 Å². The third-order valence-corrected chi connectivity index (χ3v) is 5.54. The summed E-state index contributed by atoms with van der Waals surface area (Å²) in [6, 6.07) is 9.73. The second kappa shape index (κ2) is 8.63. The number of carbonyl (C=O) groups is 1. The van der Waals surface area contributed by atoms with Crippen LogP contribution in [0.2, 0.25) is 5.02 Å². The number of nitrogens with two attached hydrogens (primary N) is 1. The molecule has 0 aliphatic carbocycles. The van der Waals surface area contributed by atoms with Crippen molar-refractivity contribution in [1.82, 2.24) is 9.88 Å². The maximum absolute atomic E-state index is 13.5. The predicted molar refractivity (Wildman–Crippen MR) is 113 cm³/mol. The zero-order chi connectivity index (χ0) is 21.3. The van der Waals surface area contributed by atoms with E-state index in [9.17, 15) is 14.3 Å². The third-order valence-electron chi connectivity index (χ3n) is 5.30. The van der Waals surface area contributed by atoms with Crippen LogP contribution in [-0.4, -0.2) is 46.7 Å². The number of H-pyrrole nitrogens is 1. The number of hydrogen-bond donors (Lipinski definition) is 3. The highest BCUT2D eigenvalue weighted by atomic mass is 35.5. The first-order valence-corrected chi connectivity index (χ1v) is 10.2. The molecule has 1 amide bonds. The van der Waals surface area contributed by atoms with E-state index in [-0.39, 0.29) is 13.0 Å². The Morgan fingerprint density at radius 1 is 1.33 bits per heavy atom. The average Bonchev–Trinajstić information content (AvgIpc) is 3.04. The molecule has 4 N–H and O–H groups in total. The molecule has 3 aromatic rings. The highest BCUT2D eigenvalue weighted by Gasteiger charge is 2.23. The normalized spacial score (nSPS) is 15.2. The number of primary amides is 1. The van der Waals surface area contributed by atoms with Crippen molar-refractivity contribution in [2.24, 2.45) is 5.73 Å².